The van der Waals surface area contributed by atoms with E-state index < -0.39 is 0 Å². The third-order valence-corrected chi connectivity index (χ3v) is 33.8. The van der Waals surface area contributed by atoms with Gasteiger partial charge in [-0.3, -0.25) is 0 Å². The van der Waals surface area contributed by atoms with Gasteiger partial charge in [-0.1, -0.05) is 297 Å². The molecule has 0 aliphatic rings. The largest absolute Gasteiger partial charge is 0.456 e. The van der Waals surface area contributed by atoms with Gasteiger partial charge in [-0.05, 0) is 103 Å². The lowest BCUT2D eigenvalue weighted by atomic mass is 10.0. The van der Waals surface area contributed by atoms with Gasteiger partial charge >= 0.3 is 0 Å². The van der Waals surface area contributed by atoms with Gasteiger partial charge in [0.15, 0.2) is 52.4 Å². The maximum absolute atomic E-state index is 6.23. The lowest BCUT2D eigenvalue weighted by Crippen LogP contribution is -2.00. The fourth-order valence-electron chi connectivity index (χ4n) is 19.3. The van der Waals surface area contributed by atoms with Crippen LogP contribution in [0.3, 0.4) is 0 Å². The molecule has 0 unspecified atom stereocenters. The normalized spacial score (nSPS) is 11.8. The molecule has 0 fully saturated rings. The number of para-hydroxylation sites is 5. The van der Waals surface area contributed by atoms with Crippen molar-refractivity contribution in [2.75, 3.05) is 0 Å². The van der Waals surface area contributed by atoms with Crippen LogP contribution in [0.5, 0.6) is 0 Å². The first-order valence-electron chi connectivity index (χ1n) is 45.9. The van der Waals surface area contributed by atoms with Gasteiger partial charge in [0.05, 0.1) is 30.6 Å². The van der Waals surface area contributed by atoms with E-state index in [1.54, 1.807) is 79.4 Å². The molecular weight excluding hydrogens is 1870 g/mol. The second kappa shape index (κ2) is 34.1. The molecule has 0 aliphatic carbocycles. The summed E-state index contributed by atoms with van der Waals surface area (Å²) in [4.78, 5) is 61.2. The molecule has 30 rings (SSSR count). The molecule has 18 aromatic carbocycles. The molecule has 12 heterocycles. The lowest BCUT2D eigenvalue weighted by molar-refractivity contribution is 0.668. The van der Waals surface area contributed by atoms with Gasteiger partial charge in [-0.15, -0.1) is 79.4 Å². The number of rotatable bonds is 12. The lowest BCUT2D eigenvalue weighted by Gasteiger charge is -2.10. The number of fused-ring (bicyclic) bond motifs is 21. The minimum Gasteiger partial charge on any atom is -0.456 e. The van der Waals surface area contributed by atoms with E-state index >= 15 is 0 Å². The van der Waals surface area contributed by atoms with Crippen LogP contribution in [0.2, 0.25) is 0 Å². The molecule has 0 spiro atoms. The summed E-state index contributed by atoms with van der Waals surface area (Å²) in [6.07, 6.45) is 0. The minimum atomic E-state index is 0.609. The van der Waals surface area contributed by atoms with Crippen molar-refractivity contribution in [3.05, 3.63) is 400 Å². The Morgan fingerprint density at radius 1 is 0.149 bits per heavy atom. The van der Waals surface area contributed by atoms with E-state index in [0.29, 0.717) is 52.4 Å². The fourth-order valence-corrected chi connectivity index (χ4v) is 27.5. The van der Waals surface area contributed by atoms with Crippen molar-refractivity contribution >= 4 is 235 Å². The molecule has 660 valence electrons. The Hall–Kier alpha value is -16.9. The molecule has 12 aromatic heterocycles. The highest BCUT2D eigenvalue weighted by molar-refractivity contribution is 7.29. The van der Waals surface area contributed by atoms with Crippen LogP contribution < -0.4 is 0 Å². The topological polar surface area (TPSA) is 181 Å². The molecule has 21 heteroatoms. The number of thiazole rings is 3. The van der Waals surface area contributed by atoms with Crippen LogP contribution in [-0.2, 0) is 0 Å². The van der Waals surface area contributed by atoms with Crippen LogP contribution in [-0.4, -0.2) is 59.8 Å². The quantitative estimate of drug-likeness (QED) is 0.113. The van der Waals surface area contributed by atoms with Gasteiger partial charge in [0.25, 0.3) is 0 Å². The highest BCUT2D eigenvalue weighted by Gasteiger charge is 2.28. The zero-order valence-electron chi connectivity index (χ0n) is 74.1. The van der Waals surface area contributed by atoms with Crippen LogP contribution in [0, 0.1) is 0 Å². The summed E-state index contributed by atoms with van der Waals surface area (Å²) in [7, 11) is 0. The van der Waals surface area contributed by atoms with E-state index in [9.17, 15) is 0 Å². The summed E-state index contributed by atoms with van der Waals surface area (Å²) in [5.41, 5.74) is 18.5. The van der Waals surface area contributed by atoms with Crippen LogP contribution in [0.1, 0.15) is 0 Å². The SMILES string of the molecule is c1ccc(-c2nc(-c3ccc4oc5ccccc5c4c3)nc(-c3cccc4sc5c(-c6nc7ccccc7s6)cccc5c34)n2)cc1.c1ccc(-c2nc(-c3cccc4c3sc3ccccc34)nc(-c3cccc4sc5c(-c6nc7ccccc7s6)cccc5c34)n2)cc1.c1ccc(-c2nc(-c3cccc4oc5ccccc5c34)nc(-c3cccc4sc5c(-c6nc7ccccc7s6)cccc5c34)n2)cc1. The number of hydrogen-bond acceptors (Lipinski definition) is 21. The zero-order valence-corrected chi connectivity index (χ0v) is 79.9. The third-order valence-electron chi connectivity index (χ3n) is 25.8. The van der Waals surface area contributed by atoms with Gasteiger partial charge in [0.1, 0.15) is 37.4 Å². The molecule has 0 bridgehead atoms. The molecule has 0 atom stereocenters. The average molecular weight is 1930 g/mol. The number of thiophene rings is 4. The fraction of sp³-hybridized carbons (Fsp3) is 0. The van der Waals surface area contributed by atoms with E-state index in [1.807, 2.05) is 158 Å². The van der Waals surface area contributed by atoms with Crippen LogP contribution in [0.25, 0.3) is 289 Å². The number of nitrogens with zero attached hydrogens (tertiary/aromatic N) is 12. The Labute approximate surface area is 830 Å². The molecule has 0 aliphatic heterocycles. The van der Waals surface area contributed by atoms with Crippen molar-refractivity contribution in [2.24, 2.45) is 0 Å². The van der Waals surface area contributed by atoms with Gasteiger partial charge < -0.3 is 8.83 Å². The zero-order chi connectivity index (χ0) is 92.7. The summed E-state index contributed by atoms with van der Waals surface area (Å²) in [6.45, 7) is 0. The molecule has 0 amide bonds. The van der Waals surface area contributed by atoms with E-state index in [4.69, 9.17) is 68.6 Å². The summed E-state index contributed by atoms with van der Waals surface area (Å²) < 4.78 is 25.6. The molecule has 141 heavy (non-hydrogen) atoms. The highest BCUT2D eigenvalue weighted by atomic mass is 32.1. The second-order valence-corrected chi connectivity index (χ2v) is 41.5. The first kappa shape index (κ1) is 82.4. The number of furan rings is 2. The Morgan fingerprint density at radius 2 is 0.433 bits per heavy atom. The Balaban J connectivity index is 0.000000104. The van der Waals surface area contributed by atoms with Crippen LogP contribution in [0.15, 0.2) is 409 Å². The number of hydrogen-bond donors (Lipinski definition) is 0. The van der Waals surface area contributed by atoms with Gasteiger partial charge in [-0.25, -0.2) is 59.8 Å². The maximum atomic E-state index is 6.23. The molecule has 30 aromatic rings. The number of benzene rings is 18. The molecule has 0 saturated heterocycles. The van der Waals surface area contributed by atoms with E-state index in [0.717, 1.165) is 158 Å². The van der Waals surface area contributed by atoms with Gasteiger partial charge in [0.2, 0.25) is 0 Å². The third kappa shape index (κ3) is 14.4. The number of aromatic nitrogens is 12. The smallest absolute Gasteiger partial charge is 0.165 e. The summed E-state index contributed by atoms with van der Waals surface area (Å²) in [5, 5.41) is 16.7. The Kier molecular flexibility index (Phi) is 19.9. The van der Waals surface area contributed by atoms with Crippen molar-refractivity contribution in [3.8, 4) is 134 Å². The van der Waals surface area contributed by atoms with Gasteiger partial charge in [0, 0.05) is 169 Å². The first-order valence-corrected chi connectivity index (χ1v) is 51.6. The van der Waals surface area contributed by atoms with Crippen molar-refractivity contribution in [1.29, 1.82) is 0 Å². The van der Waals surface area contributed by atoms with Crippen LogP contribution in [0.4, 0.5) is 0 Å². The first-order chi connectivity index (χ1) is 69.8. The Morgan fingerprint density at radius 3 is 0.887 bits per heavy atom. The van der Waals surface area contributed by atoms with Crippen molar-refractivity contribution in [3.63, 3.8) is 0 Å². The predicted molar refractivity (Wildman–Crippen MR) is 590 cm³/mol. The summed E-state index contributed by atoms with van der Waals surface area (Å²) in [5.74, 6) is 5.77. The van der Waals surface area contributed by atoms with Crippen LogP contribution >= 0.6 is 79.4 Å². The second-order valence-electron chi connectivity index (χ2n) is 34.2. The molecule has 0 radical (unpaired) electrons. The highest BCUT2D eigenvalue weighted by Crippen LogP contribution is 2.51. The van der Waals surface area contributed by atoms with E-state index in [-0.39, 0.29) is 0 Å². The average Bonchev–Trinajstić information content (AvgIpc) is 1.60. The van der Waals surface area contributed by atoms with Crippen molar-refractivity contribution < 1.29 is 8.83 Å². The van der Waals surface area contributed by atoms with Crippen molar-refractivity contribution in [2.45, 2.75) is 0 Å². The van der Waals surface area contributed by atoms with E-state index in [1.165, 1.54) is 78.6 Å². The molecule has 0 saturated carbocycles. The molecule has 0 N–H and O–H groups in total. The summed E-state index contributed by atoms with van der Waals surface area (Å²) >= 11 is 12.4. The molecular formula is C120H66N12O2S7. The van der Waals surface area contributed by atoms with Gasteiger partial charge in [-0.2, -0.15) is 0 Å². The summed E-state index contributed by atoms with van der Waals surface area (Å²) in [6, 6.07) is 138. The monoisotopic (exact) mass is 1930 g/mol. The Bertz CT molecular complexity index is 10200. The predicted octanol–water partition coefficient (Wildman–Crippen LogP) is 34.7. The minimum absolute atomic E-state index is 0.609. The maximum Gasteiger partial charge on any atom is 0.165 e. The standard InChI is InChI=1S/2C40H22N4OS2.C40H22N4S3/c1-2-11-23(12-3-1)37-42-38(26-15-9-20-31-34(26)24-13-4-6-19-30(24)45-31)44-39(43-37)27-16-10-22-33-35(27)25-14-8-17-28(36(25)46-33)40-41-29-18-5-7-21-32(29)47-40;1-2-10-23(11-3-1)37-42-38(24-20-21-32-29(22-24)25-12-4-6-17-31(25)45-32)44-39(43-37)27-14-9-19-34-35(27)26-13-8-15-28(36(26)46-34)40-41-30-16-5-7-18-33(30)47-40;1-2-11-23(12-3-1)37-42-38(44-39(43-37)28-17-8-14-25-24-13-4-6-20-31(24)45-35(25)28)27-16-10-22-33-34(27)26-15-9-18-29(36(26)46-33)40-41-30-19-5-7-21-32(30)47-40/h3*1-22H. The molecule has 14 nitrogen and oxygen atoms in total. The van der Waals surface area contributed by atoms with E-state index in [2.05, 4.69) is 243 Å². The van der Waals surface area contributed by atoms with Crippen molar-refractivity contribution in [1.82, 2.24) is 59.8 Å².